The predicted molar refractivity (Wildman–Crippen MR) is 85.4 cm³/mol. The van der Waals surface area contributed by atoms with Crippen LogP contribution in [0.15, 0.2) is 24.3 Å². The fourth-order valence-electron chi connectivity index (χ4n) is 3.47. The smallest absolute Gasteiger partial charge is 0.119 e. The summed E-state index contributed by atoms with van der Waals surface area (Å²) in [6, 6.07) is 8.67. The van der Waals surface area contributed by atoms with Crippen molar-refractivity contribution in [3.05, 3.63) is 29.8 Å². The minimum absolute atomic E-state index is 0.599. The minimum Gasteiger partial charge on any atom is -0.494 e. The van der Waals surface area contributed by atoms with Crippen molar-refractivity contribution in [2.75, 3.05) is 20.2 Å². The molecule has 0 aliphatic heterocycles. The van der Waals surface area contributed by atoms with Crippen molar-refractivity contribution in [2.45, 2.75) is 51.9 Å². The normalized spacial score (nSPS) is 17.3. The van der Waals surface area contributed by atoms with Gasteiger partial charge in [-0.3, -0.25) is 0 Å². The second-order valence-electron chi connectivity index (χ2n) is 6.14. The third-order valence-corrected chi connectivity index (χ3v) is 4.75. The van der Waals surface area contributed by atoms with Crippen molar-refractivity contribution < 1.29 is 4.74 Å². The zero-order valence-corrected chi connectivity index (χ0v) is 13.1. The van der Waals surface area contributed by atoms with Crippen LogP contribution in [0.25, 0.3) is 0 Å². The van der Waals surface area contributed by atoms with E-state index in [2.05, 4.69) is 36.6 Å². The van der Waals surface area contributed by atoms with Gasteiger partial charge in [-0.2, -0.15) is 0 Å². The molecule has 1 aromatic rings. The first-order valence-corrected chi connectivity index (χ1v) is 8.14. The first-order valence-electron chi connectivity index (χ1n) is 8.14. The van der Waals surface area contributed by atoms with Crippen LogP contribution in [0.5, 0.6) is 5.75 Å². The van der Waals surface area contributed by atoms with Crippen molar-refractivity contribution >= 4 is 0 Å². The molecule has 1 aliphatic rings. The van der Waals surface area contributed by atoms with Gasteiger partial charge in [0.2, 0.25) is 0 Å². The zero-order valence-electron chi connectivity index (χ0n) is 13.1. The van der Waals surface area contributed by atoms with Crippen molar-refractivity contribution in [1.29, 1.82) is 0 Å². The maximum atomic E-state index is 5.50. The van der Waals surface area contributed by atoms with Gasteiger partial charge in [0, 0.05) is 0 Å². The van der Waals surface area contributed by atoms with E-state index in [9.17, 15) is 0 Å². The summed E-state index contributed by atoms with van der Waals surface area (Å²) in [6.07, 6.45) is 9.57. The van der Waals surface area contributed by atoms with Crippen molar-refractivity contribution in [2.24, 2.45) is 5.41 Å². The molecule has 0 heterocycles. The molecular weight excluding hydrogens is 246 g/mol. The summed E-state index contributed by atoms with van der Waals surface area (Å²) in [5.41, 5.74) is 2.05. The van der Waals surface area contributed by atoms with Crippen molar-refractivity contribution in [1.82, 2.24) is 5.32 Å². The molecule has 1 fully saturated rings. The maximum Gasteiger partial charge on any atom is 0.119 e. The number of aryl methyl sites for hydroxylation is 1. The number of hydrogen-bond acceptors (Lipinski definition) is 2. The fourth-order valence-corrected chi connectivity index (χ4v) is 3.47. The molecule has 2 heteroatoms. The number of nitrogens with one attached hydrogen (secondary N) is 1. The number of ether oxygens (including phenoxy) is 1. The van der Waals surface area contributed by atoms with Crippen LogP contribution >= 0.6 is 0 Å². The summed E-state index contributed by atoms with van der Waals surface area (Å²) in [5, 5.41) is 3.32. The maximum absolute atomic E-state index is 5.50. The zero-order chi connectivity index (χ0) is 14.3. The minimum atomic E-state index is 0.599. The molecule has 2 rings (SSSR count). The van der Waals surface area contributed by atoms with E-state index in [1.165, 1.54) is 50.5 Å². The highest BCUT2D eigenvalue weighted by Crippen LogP contribution is 2.44. The van der Waals surface area contributed by atoms with Crippen molar-refractivity contribution in [3.63, 3.8) is 0 Å². The van der Waals surface area contributed by atoms with Crippen LogP contribution in [0.3, 0.4) is 0 Å². The van der Waals surface area contributed by atoms with E-state index < -0.39 is 0 Å². The van der Waals surface area contributed by atoms with E-state index in [-0.39, 0.29) is 0 Å². The Bertz CT molecular complexity index is 379. The van der Waals surface area contributed by atoms with Gasteiger partial charge in [0.05, 0.1) is 6.61 Å². The Hall–Kier alpha value is -1.02. The number of rotatable bonds is 8. The Labute approximate surface area is 123 Å². The Morgan fingerprint density at radius 3 is 2.40 bits per heavy atom. The van der Waals surface area contributed by atoms with Crippen molar-refractivity contribution in [3.8, 4) is 5.75 Å². The molecule has 112 valence electrons. The molecule has 0 aromatic heterocycles. The average Bonchev–Trinajstić information content (AvgIpc) is 2.94. The van der Waals surface area contributed by atoms with Gasteiger partial charge >= 0.3 is 0 Å². The molecule has 0 bridgehead atoms. The van der Waals surface area contributed by atoms with E-state index in [1.807, 2.05) is 6.92 Å². The average molecular weight is 275 g/mol. The molecule has 1 aromatic carbocycles. The molecule has 1 N–H and O–H groups in total. The molecule has 20 heavy (non-hydrogen) atoms. The highest BCUT2D eigenvalue weighted by molar-refractivity contribution is 5.27. The SMILES string of the molecule is CCOc1ccc(CCC2(CCNC)CCCC2)cc1. The highest BCUT2D eigenvalue weighted by Gasteiger charge is 2.32. The summed E-state index contributed by atoms with van der Waals surface area (Å²) < 4.78 is 5.50. The summed E-state index contributed by atoms with van der Waals surface area (Å²) in [5.74, 6) is 0.988. The van der Waals surface area contributed by atoms with E-state index in [1.54, 1.807) is 0 Å². The predicted octanol–water partition coefficient (Wildman–Crippen LogP) is 4.19. The highest BCUT2D eigenvalue weighted by atomic mass is 16.5. The lowest BCUT2D eigenvalue weighted by molar-refractivity contribution is 0.247. The molecule has 0 unspecified atom stereocenters. The molecule has 1 aliphatic carbocycles. The lowest BCUT2D eigenvalue weighted by Gasteiger charge is -2.29. The first kappa shape index (κ1) is 15.4. The van der Waals surface area contributed by atoms with Gasteiger partial charge in [-0.05, 0) is 75.7 Å². The number of benzene rings is 1. The lowest BCUT2D eigenvalue weighted by Crippen LogP contribution is -2.23. The Balaban J connectivity index is 1.88. The molecule has 0 atom stereocenters. The van der Waals surface area contributed by atoms with Crippen LogP contribution in [-0.4, -0.2) is 20.2 Å². The number of hydrogen-bond donors (Lipinski definition) is 1. The molecule has 0 spiro atoms. The topological polar surface area (TPSA) is 21.3 Å². The largest absolute Gasteiger partial charge is 0.494 e. The summed E-state index contributed by atoms with van der Waals surface area (Å²) in [4.78, 5) is 0. The van der Waals surface area contributed by atoms with Gasteiger partial charge in [0.25, 0.3) is 0 Å². The Morgan fingerprint density at radius 2 is 1.80 bits per heavy atom. The van der Waals surface area contributed by atoms with Gasteiger partial charge in [0.1, 0.15) is 5.75 Å². The van der Waals surface area contributed by atoms with E-state index >= 15 is 0 Å². The van der Waals surface area contributed by atoms with Gasteiger partial charge in [0.15, 0.2) is 0 Å². The molecule has 0 radical (unpaired) electrons. The summed E-state index contributed by atoms with van der Waals surface area (Å²) >= 11 is 0. The molecular formula is C18H29NO. The van der Waals surface area contributed by atoms with E-state index in [0.717, 1.165) is 18.9 Å². The van der Waals surface area contributed by atoms with Gasteiger partial charge in [-0.1, -0.05) is 25.0 Å². The van der Waals surface area contributed by atoms with Crippen LogP contribution in [0.1, 0.15) is 51.0 Å². The lowest BCUT2D eigenvalue weighted by atomic mass is 9.77. The molecule has 0 saturated heterocycles. The second kappa shape index (κ2) is 7.68. The monoisotopic (exact) mass is 275 g/mol. The van der Waals surface area contributed by atoms with Crippen LogP contribution in [0.4, 0.5) is 0 Å². The van der Waals surface area contributed by atoms with Crippen LogP contribution < -0.4 is 10.1 Å². The van der Waals surface area contributed by atoms with Crippen LogP contribution in [-0.2, 0) is 6.42 Å². The summed E-state index contributed by atoms with van der Waals surface area (Å²) in [6.45, 7) is 3.93. The van der Waals surface area contributed by atoms with Gasteiger partial charge < -0.3 is 10.1 Å². The van der Waals surface area contributed by atoms with Gasteiger partial charge in [-0.15, -0.1) is 0 Å². The van der Waals surface area contributed by atoms with E-state index in [4.69, 9.17) is 4.74 Å². The Morgan fingerprint density at radius 1 is 1.10 bits per heavy atom. The van der Waals surface area contributed by atoms with E-state index in [0.29, 0.717) is 5.41 Å². The molecule has 0 amide bonds. The van der Waals surface area contributed by atoms with Gasteiger partial charge in [-0.25, -0.2) is 0 Å². The molecule has 1 saturated carbocycles. The second-order valence-corrected chi connectivity index (χ2v) is 6.14. The fraction of sp³-hybridized carbons (Fsp3) is 0.667. The van der Waals surface area contributed by atoms with Crippen LogP contribution in [0.2, 0.25) is 0 Å². The third kappa shape index (κ3) is 4.24. The third-order valence-electron chi connectivity index (χ3n) is 4.75. The quantitative estimate of drug-likeness (QED) is 0.768. The Kier molecular flexibility index (Phi) is 5.90. The first-order chi connectivity index (χ1) is 9.78. The van der Waals surface area contributed by atoms with Crippen LogP contribution in [0, 0.1) is 5.41 Å². The summed E-state index contributed by atoms with van der Waals surface area (Å²) in [7, 11) is 2.06. The molecule has 2 nitrogen and oxygen atoms in total. The standard InChI is InChI=1S/C18H29NO/c1-3-20-17-8-6-16(7-9-17)10-13-18(14-15-19-2)11-4-5-12-18/h6-9,19H,3-5,10-15H2,1-2H3.